The summed E-state index contributed by atoms with van der Waals surface area (Å²) in [6, 6.07) is 14.7. The third-order valence-corrected chi connectivity index (χ3v) is 5.02. The van der Waals surface area contributed by atoms with Crippen LogP contribution in [-0.2, 0) is 22.5 Å². The Bertz CT molecular complexity index is 1020. The quantitative estimate of drug-likeness (QED) is 0.565. The zero-order valence-electron chi connectivity index (χ0n) is 18.0. The SMILES string of the molecule is COCC(=O)N(CCc1ccc(F)cc1)Cc1cc2ccc(C)cc2nc1N(C)C. The summed E-state index contributed by atoms with van der Waals surface area (Å²) in [7, 11) is 5.42. The van der Waals surface area contributed by atoms with Crippen LogP contribution in [0.15, 0.2) is 48.5 Å². The number of halogens is 1. The van der Waals surface area contributed by atoms with E-state index < -0.39 is 0 Å². The molecule has 1 heterocycles. The van der Waals surface area contributed by atoms with Gasteiger partial charge in [-0.3, -0.25) is 4.79 Å². The molecule has 0 spiro atoms. The van der Waals surface area contributed by atoms with Crippen molar-refractivity contribution in [3.05, 3.63) is 71.0 Å². The number of carbonyl (C=O) groups excluding carboxylic acids is 1. The Balaban J connectivity index is 1.89. The molecule has 3 aromatic rings. The second-order valence-electron chi connectivity index (χ2n) is 7.69. The van der Waals surface area contributed by atoms with Crippen molar-refractivity contribution in [2.45, 2.75) is 19.9 Å². The minimum Gasteiger partial charge on any atom is -0.375 e. The van der Waals surface area contributed by atoms with Crippen LogP contribution >= 0.6 is 0 Å². The number of rotatable bonds is 8. The van der Waals surface area contributed by atoms with E-state index in [9.17, 15) is 9.18 Å². The molecule has 1 aromatic heterocycles. The van der Waals surface area contributed by atoms with E-state index in [1.54, 1.807) is 17.0 Å². The summed E-state index contributed by atoms with van der Waals surface area (Å²) in [6.45, 7) is 2.99. The zero-order valence-corrected chi connectivity index (χ0v) is 18.0. The monoisotopic (exact) mass is 409 g/mol. The van der Waals surface area contributed by atoms with Gasteiger partial charge in [0.1, 0.15) is 18.2 Å². The molecule has 3 rings (SSSR count). The third kappa shape index (κ3) is 5.33. The third-order valence-electron chi connectivity index (χ3n) is 5.02. The van der Waals surface area contributed by atoms with Crippen LogP contribution < -0.4 is 4.90 Å². The Hall–Kier alpha value is -2.99. The number of benzene rings is 2. The Morgan fingerprint density at radius 2 is 1.83 bits per heavy atom. The summed E-state index contributed by atoms with van der Waals surface area (Å²) in [5.41, 5.74) is 4.04. The Morgan fingerprint density at radius 3 is 2.50 bits per heavy atom. The molecule has 0 aliphatic rings. The highest BCUT2D eigenvalue weighted by atomic mass is 19.1. The minimum atomic E-state index is -0.265. The van der Waals surface area contributed by atoms with Gasteiger partial charge in [-0.25, -0.2) is 9.37 Å². The molecule has 2 aromatic carbocycles. The Kier molecular flexibility index (Phi) is 7.00. The maximum absolute atomic E-state index is 13.2. The first-order valence-electron chi connectivity index (χ1n) is 9.96. The molecule has 0 saturated heterocycles. The van der Waals surface area contributed by atoms with Crippen LogP contribution in [0.2, 0.25) is 0 Å². The molecule has 6 heteroatoms. The minimum absolute atomic E-state index is 0.0148. The number of carbonyl (C=O) groups is 1. The average molecular weight is 410 g/mol. The molecule has 0 unspecified atom stereocenters. The number of fused-ring (bicyclic) bond motifs is 1. The van der Waals surface area contributed by atoms with Crippen molar-refractivity contribution in [2.75, 3.05) is 39.3 Å². The number of amides is 1. The number of aromatic nitrogens is 1. The molecule has 0 N–H and O–H groups in total. The standard InChI is InChI=1S/C24H28FN3O2/c1-17-5-8-19-14-20(24(27(2)3)26-22(19)13-17)15-28(23(29)16-30-4)12-11-18-6-9-21(25)10-7-18/h5-10,13-14H,11-12,15-16H2,1-4H3. The fourth-order valence-corrected chi connectivity index (χ4v) is 3.44. The van der Waals surface area contributed by atoms with E-state index in [0.717, 1.165) is 33.4 Å². The first kappa shape index (κ1) is 21.7. The van der Waals surface area contributed by atoms with E-state index in [0.29, 0.717) is 19.5 Å². The van der Waals surface area contributed by atoms with Gasteiger partial charge in [-0.15, -0.1) is 0 Å². The van der Waals surface area contributed by atoms with Crippen molar-refractivity contribution in [1.82, 2.24) is 9.88 Å². The molecule has 0 bridgehead atoms. The lowest BCUT2D eigenvalue weighted by atomic mass is 10.1. The average Bonchev–Trinajstić information content (AvgIpc) is 2.71. The van der Waals surface area contributed by atoms with E-state index in [1.165, 1.54) is 19.2 Å². The number of aryl methyl sites for hydroxylation is 1. The molecule has 5 nitrogen and oxygen atoms in total. The Morgan fingerprint density at radius 1 is 1.10 bits per heavy atom. The van der Waals surface area contributed by atoms with Crippen LogP contribution in [0, 0.1) is 12.7 Å². The van der Waals surface area contributed by atoms with Crippen molar-refractivity contribution in [3.8, 4) is 0 Å². The van der Waals surface area contributed by atoms with Gasteiger partial charge < -0.3 is 14.5 Å². The van der Waals surface area contributed by atoms with E-state index in [1.807, 2.05) is 25.9 Å². The van der Waals surface area contributed by atoms with Crippen LogP contribution in [0.1, 0.15) is 16.7 Å². The number of pyridine rings is 1. The fraction of sp³-hybridized carbons (Fsp3) is 0.333. The van der Waals surface area contributed by atoms with Gasteiger partial charge in [0.25, 0.3) is 0 Å². The molecule has 158 valence electrons. The number of hydrogen-bond acceptors (Lipinski definition) is 4. The highest BCUT2D eigenvalue weighted by molar-refractivity contribution is 5.83. The summed E-state index contributed by atoms with van der Waals surface area (Å²) in [5.74, 6) is 0.484. The smallest absolute Gasteiger partial charge is 0.248 e. The van der Waals surface area contributed by atoms with Gasteiger partial charge in [-0.2, -0.15) is 0 Å². The largest absolute Gasteiger partial charge is 0.375 e. The fourth-order valence-electron chi connectivity index (χ4n) is 3.44. The number of methoxy groups -OCH3 is 1. The predicted molar refractivity (Wildman–Crippen MR) is 118 cm³/mol. The van der Waals surface area contributed by atoms with Gasteiger partial charge in [0, 0.05) is 45.2 Å². The molecule has 30 heavy (non-hydrogen) atoms. The first-order chi connectivity index (χ1) is 14.4. The van der Waals surface area contributed by atoms with Crippen molar-refractivity contribution >= 4 is 22.6 Å². The number of ether oxygens (including phenoxy) is 1. The van der Waals surface area contributed by atoms with E-state index in [2.05, 4.69) is 24.3 Å². The second-order valence-corrected chi connectivity index (χ2v) is 7.69. The summed E-state index contributed by atoms with van der Waals surface area (Å²) < 4.78 is 18.3. The lowest BCUT2D eigenvalue weighted by Gasteiger charge is -2.25. The van der Waals surface area contributed by atoms with Crippen molar-refractivity contribution < 1.29 is 13.9 Å². The van der Waals surface area contributed by atoms with Gasteiger partial charge in [0.05, 0.1) is 5.52 Å². The van der Waals surface area contributed by atoms with Gasteiger partial charge >= 0.3 is 0 Å². The topological polar surface area (TPSA) is 45.7 Å². The van der Waals surface area contributed by atoms with Crippen LogP contribution in [-0.4, -0.2) is 50.1 Å². The van der Waals surface area contributed by atoms with Crippen LogP contribution in [0.4, 0.5) is 10.2 Å². The normalized spacial score (nSPS) is 11.0. The molecular weight excluding hydrogens is 381 g/mol. The van der Waals surface area contributed by atoms with Gasteiger partial charge in [0.2, 0.25) is 5.91 Å². The molecule has 0 fully saturated rings. The molecule has 0 atom stereocenters. The van der Waals surface area contributed by atoms with Crippen molar-refractivity contribution in [1.29, 1.82) is 0 Å². The van der Waals surface area contributed by atoms with Gasteiger partial charge in [0.15, 0.2) is 0 Å². The molecule has 0 radical (unpaired) electrons. The van der Waals surface area contributed by atoms with E-state index in [-0.39, 0.29) is 18.3 Å². The summed E-state index contributed by atoms with van der Waals surface area (Å²) in [6.07, 6.45) is 0.632. The maximum atomic E-state index is 13.2. The molecule has 0 aliphatic carbocycles. The lowest BCUT2D eigenvalue weighted by molar-refractivity contribution is -0.135. The maximum Gasteiger partial charge on any atom is 0.248 e. The second kappa shape index (κ2) is 9.67. The van der Waals surface area contributed by atoms with Crippen LogP contribution in [0.3, 0.4) is 0 Å². The Labute approximate surface area is 177 Å². The van der Waals surface area contributed by atoms with Gasteiger partial charge in [-0.1, -0.05) is 24.3 Å². The highest BCUT2D eigenvalue weighted by Gasteiger charge is 2.18. The predicted octanol–water partition coefficient (Wildman–Crippen LogP) is 3.97. The van der Waals surface area contributed by atoms with E-state index in [4.69, 9.17) is 9.72 Å². The highest BCUT2D eigenvalue weighted by Crippen LogP contribution is 2.25. The molecule has 0 saturated carbocycles. The summed E-state index contributed by atoms with van der Waals surface area (Å²) >= 11 is 0. The van der Waals surface area contributed by atoms with Crippen molar-refractivity contribution in [3.63, 3.8) is 0 Å². The number of anilines is 1. The van der Waals surface area contributed by atoms with E-state index >= 15 is 0 Å². The van der Waals surface area contributed by atoms with Crippen molar-refractivity contribution in [2.24, 2.45) is 0 Å². The number of nitrogens with zero attached hydrogens (tertiary/aromatic N) is 3. The molecule has 0 aliphatic heterocycles. The molecule has 1 amide bonds. The van der Waals surface area contributed by atoms with Gasteiger partial charge in [-0.05, 0) is 48.7 Å². The lowest BCUT2D eigenvalue weighted by Crippen LogP contribution is -2.35. The number of hydrogen-bond donors (Lipinski definition) is 0. The summed E-state index contributed by atoms with van der Waals surface area (Å²) in [5, 5.41) is 1.04. The summed E-state index contributed by atoms with van der Waals surface area (Å²) in [4.78, 5) is 21.3. The first-order valence-corrected chi connectivity index (χ1v) is 9.96. The molecular formula is C24H28FN3O2. The van der Waals surface area contributed by atoms with Crippen LogP contribution in [0.5, 0.6) is 0 Å². The zero-order chi connectivity index (χ0) is 21.7. The van der Waals surface area contributed by atoms with Crippen LogP contribution in [0.25, 0.3) is 10.9 Å².